The van der Waals surface area contributed by atoms with E-state index in [0.717, 1.165) is 27.6 Å². The van der Waals surface area contributed by atoms with Crippen molar-refractivity contribution in [2.45, 2.75) is 44.2 Å². The number of hydrogen-bond donors (Lipinski definition) is 2. The minimum Gasteiger partial charge on any atom is -0.375 e. The van der Waals surface area contributed by atoms with Gasteiger partial charge in [-0.2, -0.15) is 15.5 Å². The van der Waals surface area contributed by atoms with E-state index in [-0.39, 0.29) is 17.9 Å². The van der Waals surface area contributed by atoms with Crippen molar-refractivity contribution in [3.05, 3.63) is 65.9 Å². The van der Waals surface area contributed by atoms with Gasteiger partial charge in [0.2, 0.25) is 0 Å². The molecule has 2 saturated carbocycles. The van der Waals surface area contributed by atoms with Crippen LogP contribution in [0.2, 0.25) is 0 Å². The van der Waals surface area contributed by atoms with Crippen LogP contribution in [0.25, 0.3) is 22.0 Å². The minimum atomic E-state index is -0.300. The molecule has 0 amide bonds. The number of H-pyrrole nitrogens is 1. The van der Waals surface area contributed by atoms with Gasteiger partial charge >= 0.3 is 0 Å². The number of nitrogens with one attached hydrogen (secondary N) is 2. The SMILES string of the molecule is CC(C#N)n1cc(-c2ccc(C3Nc4c(F)cc5[nH]ncc5c4C4C5CCC(C5)C34)cc2)cn1. The van der Waals surface area contributed by atoms with Crippen LogP contribution in [0.4, 0.5) is 10.1 Å². The van der Waals surface area contributed by atoms with E-state index in [0.29, 0.717) is 29.4 Å². The molecular weight excluding hydrogens is 427 g/mol. The van der Waals surface area contributed by atoms with Crippen LogP contribution < -0.4 is 5.32 Å². The third-order valence-electron chi connectivity index (χ3n) is 8.53. The molecule has 0 spiro atoms. The number of hydrogen-bond acceptors (Lipinski definition) is 4. The van der Waals surface area contributed by atoms with Crippen LogP contribution in [0, 0.1) is 34.9 Å². The van der Waals surface area contributed by atoms with Crippen LogP contribution in [0.1, 0.15) is 55.3 Å². The minimum absolute atomic E-state index is 0.0852. The van der Waals surface area contributed by atoms with E-state index in [1.807, 2.05) is 19.3 Å². The third-order valence-corrected chi connectivity index (χ3v) is 8.53. The number of anilines is 1. The normalized spacial score (nSPS) is 27.7. The standard InChI is InChI=1S/C27H25FN6/c1-14(10-29)34-13-19(11-31-34)15-2-4-16(5-3-15)26-24-18-7-6-17(8-18)23(24)25-20-12-30-33-22(20)9-21(28)27(25)32-26/h2-5,9,11-14,17-18,23-24,26,32H,6-8H2,1H3,(H,30,33). The molecule has 2 aromatic carbocycles. The van der Waals surface area contributed by atoms with Crippen molar-refractivity contribution in [2.75, 3.05) is 5.32 Å². The fraction of sp³-hybridized carbons (Fsp3) is 0.370. The number of fused-ring (bicyclic) bond motifs is 9. The molecule has 1 aliphatic heterocycles. The summed E-state index contributed by atoms with van der Waals surface area (Å²) in [5, 5.41) is 25.4. The van der Waals surface area contributed by atoms with Gasteiger partial charge in [-0.05, 0) is 66.5 Å². The van der Waals surface area contributed by atoms with Crippen molar-refractivity contribution < 1.29 is 4.39 Å². The van der Waals surface area contributed by atoms with Gasteiger partial charge < -0.3 is 5.32 Å². The molecule has 3 aliphatic rings. The summed E-state index contributed by atoms with van der Waals surface area (Å²) in [6, 6.07) is 12.1. The lowest BCUT2D eigenvalue weighted by Crippen LogP contribution is -2.36. The number of nitrogens with zero attached hydrogens (tertiary/aromatic N) is 4. The lowest BCUT2D eigenvalue weighted by Gasteiger charge is -2.44. The first-order valence-corrected chi connectivity index (χ1v) is 12.1. The number of nitriles is 1. The number of rotatable bonds is 3. The molecule has 6 atom stereocenters. The third kappa shape index (κ3) is 2.71. The molecule has 2 aromatic heterocycles. The van der Waals surface area contributed by atoms with E-state index in [1.165, 1.54) is 24.8 Å². The van der Waals surface area contributed by atoms with Gasteiger partial charge in [0, 0.05) is 23.2 Å². The number of aromatic amines is 1. The molecule has 2 N–H and O–H groups in total. The Hall–Kier alpha value is -3.66. The molecule has 2 aliphatic carbocycles. The molecule has 0 radical (unpaired) electrons. The van der Waals surface area contributed by atoms with Gasteiger partial charge in [-0.15, -0.1) is 0 Å². The predicted octanol–water partition coefficient (Wildman–Crippen LogP) is 5.95. The Kier molecular flexibility index (Phi) is 4.17. The summed E-state index contributed by atoms with van der Waals surface area (Å²) in [5.41, 5.74) is 5.82. The Balaban J connectivity index is 1.28. The highest BCUT2D eigenvalue weighted by atomic mass is 19.1. The number of halogens is 1. The first-order chi connectivity index (χ1) is 16.6. The fourth-order valence-electron chi connectivity index (χ4n) is 7.02. The van der Waals surface area contributed by atoms with Gasteiger partial charge in [0.25, 0.3) is 0 Å². The Labute approximate surface area is 196 Å². The highest BCUT2D eigenvalue weighted by Crippen LogP contribution is 2.64. The second kappa shape index (κ2) is 7.17. The van der Waals surface area contributed by atoms with Crippen LogP contribution in [0.5, 0.6) is 0 Å². The van der Waals surface area contributed by atoms with E-state index in [2.05, 4.69) is 50.9 Å². The first kappa shape index (κ1) is 19.8. The summed E-state index contributed by atoms with van der Waals surface area (Å²) in [6.45, 7) is 1.83. The van der Waals surface area contributed by atoms with Crippen molar-refractivity contribution in [2.24, 2.45) is 17.8 Å². The second-order valence-electron chi connectivity index (χ2n) is 10.2. The molecule has 6 nitrogen and oxygen atoms in total. The summed E-state index contributed by atoms with van der Waals surface area (Å²) >= 11 is 0. The molecule has 2 bridgehead atoms. The molecule has 2 fully saturated rings. The maximum Gasteiger partial charge on any atom is 0.148 e. The van der Waals surface area contributed by atoms with Crippen LogP contribution in [0.3, 0.4) is 0 Å². The summed E-state index contributed by atoms with van der Waals surface area (Å²) < 4.78 is 17.0. The first-order valence-electron chi connectivity index (χ1n) is 12.1. The van der Waals surface area contributed by atoms with E-state index in [4.69, 9.17) is 5.26 Å². The zero-order chi connectivity index (χ0) is 23.0. The van der Waals surface area contributed by atoms with Gasteiger partial charge in [0.05, 0.1) is 35.7 Å². The molecule has 7 heteroatoms. The predicted molar refractivity (Wildman–Crippen MR) is 127 cm³/mol. The zero-order valence-electron chi connectivity index (χ0n) is 18.9. The van der Waals surface area contributed by atoms with E-state index >= 15 is 4.39 Å². The van der Waals surface area contributed by atoms with Crippen molar-refractivity contribution >= 4 is 16.6 Å². The summed E-state index contributed by atoms with van der Waals surface area (Å²) in [6.07, 6.45) is 9.30. The maximum atomic E-state index is 15.3. The van der Waals surface area contributed by atoms with Gasteiger partial charge in [-0.25, -0.2) is 4.39 Å². The molecule has 6 unspecified atom stereocenters. The van der Waals surface area contributed by atoms with Gasteiger partial charge in [0.1, 0.15) is 11.9 Å². The van der Waals surface area contributed by atoms with Gasteiger partial charge in [0.15, 0.2) is 0 Å². The average molecular weight is 453 g/mol. The smallest absolute Gasteiger partial charge is 0.148 e. The average Bonchev–Trinajstić information content (AvgIpc) is 3.67. The van der Waals surface area contributed by atoms with Crippen LogP contribution in [-0.2, 0) is 0 Å². The van der Waals surface area contributed by atoms with E-state index in [9.17, 15) is 0 Å². The molecule has 170 valence electrons. The zero-order valence-corrected chi connectivity index (χ0v) is 18.9. The summed E-state index contributed by atoms with van der Waals surface area (Å²) in [5.74, 6) is 1.90. The molecule has 0 saturated heterocycles. The Morgan fingerprint density at radius 2 is 1.97 bits per heavy atom. The lowest BCUT2D eigenvalue weighted by molar-refractivity contribution is 0.247. The molecule has 34 heavy (non-hydrogen) atoms. The Morgan fingerprint density at radius 1 is 1.15 bits per heavy atom. The highest BCUT2D eigenvalue weighted by molar-refractivity contribution is 5.89. The molecule has 7 rings (SSSR count). The maximum absolute atomic E-state index is 15.3. The number of benzene rings is 2. The largest absolute Gasteiger partial charge is 0.375 e. The van der Waals surface area contributed by atoms with Crippen molar-refractivity contribution in [3.63, 3.8) is 0 Å². The van der Waals surface area contributed by atoms with Crippen LogP contribution in [-0.4, -0.2) is 20.0 Å². The molecule has 4 aromatic rings. The highest BCUT2D eigenvalue weighted by Gasteiger charge is 2.54. The number of aromatic nitrogens is 4. The monoisotopic (exact) mass is 452 g/mol. The summed E-state index contributed by atoms with van der Waals surface area (Å²) in [7, 11) is 0. The fourth-order valence-corrected chi connectivity index (χ4v) is 7.02. The van der Waals surface area contributed by atoms with Crippen molar-refractivity contribution in [1.29, 1.82) is 5.26 Å². The molecular formula is C27H25FN6. The van der Waals surface area contributed by atoms with Crippen molar-refractivity contribution in [3.8, 4) is 17.2 Å². The Bertz CT molecular complexity index is 1440. The lowest BCUT2D eigenvalue weighted by atomic mass is 9.67. The van der Waals surface area contributed by atoms with E-state index in [1.54, 1.807) is 16.9 Å². The quantitative estimate of drug-likeness (QED) is 0.403. The van der Waals surface area contributed by atoms with Gasteiger partial charge in [-0.3, -0.25) is 9.78 Å². The van der Waals surface area contributed by atoms with Gasteiger partial charge in [-0.1, -0.05) is 24.3 Å². The van der Waals surface area contributed by atoms with E-state index < -0.39 is 0 Å². The summed E-state index contributed by atoms with van der Waals surface area (Å²) in [4.78, 5) is 0. The topological polar surface area (TPSA) is 82.3 Å². The van der Waals surface area contributed by atoms with Crippen LogP contribution >= 0.6 is 0 Å². The van der Waals surface area contributed by atoms with Crippen LogP contribution in [0.15, 0.2) is 48.9 Å². The second-order valence-corrected chi connectivity index (χ2v) is 10.2. The molecule has 3 heterocycles. The Morgan fingerprint density at radius 3 is 2.79 bits per heavy atom. The van der Waals surface area contributed by atoms with Crippen molar-refractivity contribution in [1.82, 2.24) is 20.0 Å².